The lowest BCUT2D eigenvalue weighted by Gasteiger charge is -2.06. The zero-order chi connectivity index (χ0) is 12.8. The Balaban J connectivity index is 2.58. The van der Waals surface area contributed by atoms with Crippen molar-refractivity contribution in [3.63, 3.8) is 0 Å². The van der Waals surface area contributed by atoms with Gasteiger partial charge in [0.05, 0.1) is 0 Å². The highest BCUT2D eigenvalue weighted by atomic mass is 16.5. The van der Waals surface area contributed by atoms with E-state index >= 15 is 0 Å². The number of hydrogen-bond donors (Lipinski definition) is 2. The summed E-state index contributed by atoms with van der Waals surface area (Å²) >= 11 is 0. The molecule has 4 heteroatoms. The van der Waals surface area contributed by atoms with Crippen LogP contribution in [-0.2, 0) is 11.2 Å². The van der Waals surface area contributed by atoms with Crippen molar-refractivity contribution in [3.05, 3.63) is 42.0 Å². The van der Waals surface area contributed by atoms with Gasteiger partial charge in [-0.2, -0.15) is 0 Å². The van der Waals surface area contributed by atoms with Crippen LogP contribution in [-0.4, -0.2) is 23.4 Å². The van der Waals surface area contributed by atoms with Gasteiger partial charge < -0.3 is 9.84 Å². The van der Waals surface area contributed by atoms with Crippen molar-refractivity contribution in [1.82, 2.24) is 0 Å². The van der Waals surface area contributed by atoms with Crippen LogP contribution >= 0.6 is 0 Å². The number of hydrogen-bond acceptors (Lipinski definition) is 3. The fourth-order valence-corrected chi connectivity index (χ4v) is 1.19. The Bertz CT molecular complexity index is 434. The zero-order valence-corrected chi connectivity index (χ0v) is 9.69. The minimum absolute atomic E-state index is 0.121. The lowest BCUT2D eigenvalue weighted by molar-refractivity contribution is -0.129. The number of carboxylic acids is 1. The maximum Gasteiger partial charge on any atom is 0.349 e. The Morgan fingerprint density at radius 1 is 1.41 bits per heavy atom. The Morgan fingerprint density at radius 3 is 2.47 bits per heavy atom. The molecule has 0 aliphatic rings. The van der Waals surface area contributed by atoms with Crippen LogP contribution in [0.4, 0.5) is 0 Å². The van der Waals surface area contributed by atoms with E-state index < -0.39 is 5.97 Å². The first kappa shape index (κ1) is 13.0. The molecule has 17 heavy (non-hydrogen) atoms. The summed E-state index contributed by atoms with van der Waals surface area (Å²) in [6.45, 7) is 6.07. The molecule has 0 atom stereocenters. The van der Waals surface area contributed by atoms with E-state index in [1.165, 1.54) is 0 Å². The van der Waals surface area contributed by atoms with Crippen molar-refractivity contribution >= 4 is 11.7 Å². The predicted octanol–water partition coefficient (Wildman–Crippen LogP) is 2.29. The van der Waals surface area contributed by atoms with E-state index in [0.29, 0.717) is 12.4 Å². The molecular weight excluding hydrogens is 218 g/mol. The van der Waals surface area contributed by atoms with Crippen LogP contribution in [0, 0.1) is 5.41 Å². The number of carbonyl (C=O) groups is 1. The molecule has 1 aromatic rings. The second kappa shape index (κ2) is 5.84. The van der Waals surface area contributed by atoms with Crippen molar-refractivity contribution in [2.75, 3.05) is 6.61 Å². The van der Waals surface area contributed by atoms with Crippen molar-refractivity contribution in [2.24, 2.45) is 0 Å². The zero-order valence-electron chi connectivity index (χ0n) is 9.69. The molecule has 0 aliphatic heterocycles. The number of aliphatic carboxylic acids is 1. The Morgan fingerprint density at radius 2 is 2.00 bits per heavy atom. The summed E-state index contributed by atoms with van der Waals surface area (Å²) in [5.41, 5.74) is 1.39. The molecule has 0 unspecified atom stereocenters. The van der Waals surface area contributed by atoms with Crippen molar-refractivity contribution in [3.8, 4) is 5.75 Å². The summed E-state index contributed by atoms with van der Waals surface area (Å²) in [7, 11) is 0. The van der Waals surface area contributed by atoms with Gasteiger partial charge in [0.1, 0.15) is 18.1 Å². The smallest absolute Gasteiger partial charge is 0.349 e. The average molecular weight is 233 g/mol. The van der Waals surface area contributed by atoms with E-state index in [1.54, 1.807) is 24.3 Å². The SMILES string of the molecule is C=C(C)COc1ccc(CC(=N)C(=O)O)cc1. The molecular formula is C13H15NO3. The van der Waals surface area contributed by atoms with Gasteiger partial charge in [-0.15, -0.1) is 0 Å². The summed E-state index contributed by atoms with van der Waals surface area (Å²) in [5, 5.41) is 15.8. The highest BCUT2D eigenvalue weighted by molar-refractivity contribution is 6.34. The van der Waals surface area contributed by atoms with Gasteiger partial charge in [-0.1, -0.05) is 18.7 Å². The van der Waals surface area contributed by atoms with E-state index in [0.717, 1.165) is 11.1 Å². The Hall–Kier alpha value is -2.10. The molecule has 0 amide bonds. The second-order valence-corrected chi connectivity index (χ2v) is 3.85. The molecule has 90 valence electrons. The highest BCUT2D eigenvalue weighted by Gasteiger charge is 2.07. The second-order valence-electron chi connectivity index (χ2n) is 3.85. The normalized spacial score (nSPS) is 9.71. The lowest BCUT2D eigenvalue weighted by Crippen LogP contribution is -2.14. The molecule has 4 nitrogen and oxygen atoms in total. The molecule has 1 aromatic carbocycles. The first-order chi connectivity index (χ1) is 7.99. The predicted molar refractivity (Wildman–Crippen MR) is 65.8 cm³/mol. The third kappa shape index (κ3) is 4.51. The van der Waals surface area contributed by atoms with Crippen LogP contribution < -0.4 is 4.74 Å². The van der Waals surface area contributed by atoms with Crippen molar-refractivity contribution in [2.45, 2.75) is 13.3 Å². The molecule has 0 aromatic heterocycles. The topological polar surface area (TPSA) is 70.4 Å². The number of benzene rings is 1. The maximum absolute atomic E-state index is 10.5. The van der Waals surface area contributed by atoms with Gasteiger partial charge in [0.15, 0.2) is 0 Å². The monoisotopic (exact) mass is 233 g/mol. The molecule has 0 saturated carbocycles. The first-order valence-corrected chi connectivity index (χ1v) is 5.16. The highest BCUT2D eigenvalue weighted by Crippen LogP contribution is 2.13. The van der Waals surface area contributed by atoms with Gasteiger partial charge in [-0.05, 0) is 30.2 Å². The van der Waals surface area contributed by atoms with E-state index in [4.69, 9.17) is 15.3 Å². The summed E-state index contributed by atoms with van der Waals surface area (Å²) in [4.78, 5) is 10.5. The average Bonchev–Trinajstić information content (AvgIpc) is 2.28. The fourth-order valence-electron chi connectivity index (χ4n) is 1.19. The maximum atomic E-state index is 10.5. The first-order valence-electron chi connectivity index (χ1n) is 5.16. The molecule has 0 spiro atoms. The van der Waals surface area contributed by atoms with Crippen LogP contribution in [0.2, 0.25) is 0 Å². The number of rotatable bonds is 6. The number of ether oxygens (including phenoxy) is 1. The number of nitrogens with one attached hydrogen (secondary N) is 1. The van der Waals surface area contributed by atoms with E-state index in [9.17, 15) is 4.79 Å². The number of carboxylic acid groups (broad SMARTS) is 1. The van der Waals surface area contributed by atoms with Crippen molar-refractivity contribution in [1.29, 1.82) is 5.41 Å². The Kier molecular flexibility index (Phi) is 4.46. The van der Waals surface area contributed by atoms with Crippen molar-refractivity contribution < 1.29 is 14.6 Å². The lowest BCUT2D eigenvalue weighted by atomic mass is 10.1. The third-order valence-electron chi connectivity index (χ3n) is 2.05. The minimum atomic E-state index is -1.19. The summed E-state index contributed by atoms with van der Waals surface area (Å²) in [6.07, 6.45) is 0.121. The van der Waals surface area contributed by atoms with Gasteiger partial charge in [0.2, 0.25) is 0 Å². The summed E-state index contributed by atoms with van der Waals surface area (Å²) in [6, 6.07) is 7.03. The summed E-state index contributed by atoms with van der Waals surface area (Å²) in [5.74, 6) is -0.480. The molecule has 0 fully saturated rings. The largest absolute Gasteiger partial charge is 0.489 e. The van der Waals surface area contributed by atoms with E-state index in [1.807, 2.05) is 6.92 Å². The molecule has 0 aliphatic carbocycles. The van der Waals surface area contributed by atoms with Crippen LogP contribution in [0.1, 0.15) is 12.5 Å². The van der Waals surface area contributed by atoms with E-state index in [2.05, 4.69) is 6.58 Å². The third-order valence-corrected chi connectivity index (χ3v) is 2.05. The fraction of sp³-hybridized carbons (Fsp3) is 0.231. The van der Waals surface area contributed by atoms with Crippen LogP contribution in [0.25, 0.3) is 0 Å². The Labute approximate surface area is 100 Å². The molecule has 1 rings (SSSR count). The van der Waals surface area contributed by atoms with Crippen LogP contribution in [0.15, 0.2) is 36.4 Å². The van der Waals surface area contributed by atoms with Crippen LogP contribution in [0.3, 0.4) is 0 Å². The molecule has 2 N–H and O–H groups in total. The standard InChI is InChI=1S/C13H15NO3/c1-9(2)8-17-11-5-3-10(4-6-11)7-12(14)13(15)16/h3-6,14H,1,7-8H2,2H3,(H,15,16). The van der Waals surface area contributed by atoms with Crippen LogP contribution in [0.5, 0.6) is 5.75 Å². The van der Waals surface area contributed by atoms with Gasteiger partial charge in [0.25, 0.3) is 0 Å². The van der Waals surface area contributed by atoms with Gasteiger partial charge in [0, 0.05) is 6.42 Å². The molecule has 0 bridgehead atoms. The molecule has 0 radical (unpaired) electrons. The summed E-state index contributed by atoms with van der Waals surface area (Å²) < 4.78 is 5.41. The quantitative estimate of drug-likeness (QED) is 0.585. The molecule has 0 saturated heterocycles. The van der Waals surface area contributed by atoms with Gasteiger partial charge in [-0.3, -0.25) is 5.41 Å². The van der Waals surface area contributed by atoms with Gasteiger partial charge >= 0.3 is 5.97 Å². The van der Waals surface area contributed by atoms with Gasteiger partial charge in [-0.25, -0.2) is 4.79 Å². The minimum Gasteiger partial charge on any atom is -0.489 e. The van der Waals surface area contributed by atoms with E-state index in [-0.39, 0.29) is 12.1 Å². The molecule has 0 heterocycles.